The third kappa shape index (κ3) is 2.53. The number of allylic oxidation sites excluding steroid dienone is 2. The molecule has 0 aliphatic rings. The Hall–Kier alpha value is -3.11. The van der Waals surface area contributed by atoms with Crippen LogP contribution in [0.4, 0.5) is 0 Å². The fourth-order valence-electron chi connectivity index (χ4n) is 2.55. The molecule has 0 unspecified atom stereocenters. The van der Waals surface area contributed by atoms with Gasteiger partial charge in [-0.15, -0.1) is 22.7 Å². The van der Waals surface area contributed by atoms with E-state index in [1.807, 2.05) is 70.9 Å². The van der Waals surface area contributed by atoms with Crippen molar-refractivity contribution in [3.8, 4) is 39.3 Å². The normalized spacial score (nSPS) is 9.75. The van der Waals surface area contributed by atoms with Crippen LogP contribution in [0.25, 0.3) is 26.7 Å². The maximum atomic E-state index is 9.55. The molecule has 0 atom stereocenters. The second-order valence-electron chi connectivity index (χ2n) is 4.89. The van der Waals surface area contributed by atoms with Crippen LogP contribution in [-0.4, -0.2) is 4.57 Å². The van der Waals surface area contributed by atoms with E-state index in [4.69, 9.17) is 0 Å². The van der Waals surface area contributed by atoms with Crippen LogP contribution in [0.15, 0.2) is 46.7 Å². The molecule has 0 N–H and O–H groups in total. The molecule has 6 heteroatoms. The van der Waals surface area contributed by atoms with Crippen LogP contribution < -0.4 is 0 Å². The number of hydrogen-bond acceptors (Lipinski definition) is 5. The average molecular weight is 346 g/mol. The first-order valence-corrected chi connectivity index (χ1v) is 8.69. The van der Waals surface area contributed by atoms with Gasteiger partial charge in [0.25, 0.3) is 0 Å². The van der Waals surface area contributed by atoms with Crippen LogP contribution >= 0.6 is 22.7 Å². The lowest BCUT2D eigenvalue weighted by molar-refractivity contribution is 0.950. The number of thiophene rings is 2. The summed E-state index contributed by atoms with van der Waals surface area (Å²) in [6.07, 6.45) is 0. The van der Waals surface area contributed by atoms with Gasteiger partial charge in [-0.2, -0.15) is 15.8 Å². The van der Waals surface area contributed by atoms with Gasteiger partial charge in [0, 0.05) is 12.6 Å². The molecule has 3 heterocycles. The monoisotopic (exact) mass is 346 g/mol. The largest absolute Gasteiger partial charge is 0.342 e. The molecule has 3 rings (SSSR count). The lowest BCUT2D eigenvalue weighted by Gasteiger charge is -2.07. The number of nitriles is 3. The molecule has 0 aliphatic carbocycles. The highest BCUT2D eigenvalue weighted by Crippen LogP contribution is 2.39. The lowest BCUT2D eigenvalue weighted by Crippen LogP contribution is -1.95. The van der Waals surface area contributed by atoms with Crippen molar-refractivity contribution in [1.29, 1.82) is 15.8 Å². The first kappa shape index (κ1) is 15.8. The van der Waals surface area contributed by atoms with Gasteiger partial charge in [-0.05, 0) is 29.0 Å². The summed E-state index contributed by atoms with van der Waals surface area (Å²) < 4.78 is 2.01. The standard InChI is InChI=1S/C18H10N4S2/c1-22-15(16-4-2-6-23-16)8-13(14(11-21)12(9-19)10-20)18(22)17-5-3-7-24-17/h2-8H,1H3. The van der Waals surface area contributed by atoms with E-state index in [0.717, 1.165) is 21.1 Å². The minimum Gasteiger partial charge on any atom is -0.342 e. The van der Waals surface area contributed by atoms with Crippen molar-refractivity contribution in [2.24, 2.45) is 7.05 Å². The Morgan fingerprint density at radius 1 is 0.958 bits per heavy atom. The minimum absolute atomic E-state index is 0.113. The Morgan fingerprint density at radius 2 is 1.58 bits per heavy atom. The highest BCUT2D eigenvalue weighted by atomic mass is 32.1. The second-order valence-corrected chi connectivity index (χ2v) is 6.79. The molecule has 0 saturated carbocycles. The van der Waals surface area contributed by atoms with Crippen LogP contribution in [0.1, 0.15) is 5.56 Å². The van der Waals surface area contributed by atoms with Gasteiger partial charge >= 0.3 is 0 Å². The summed E-state index contributed by atoms with van der Waals surface area (Å²) in [6, 6.07) is 15.5. The van der Waals surface area contributed by atoms with Gasteiger partial charge < -0.3 is 4.57 Å². The van der Waals surface area contributed by atoms with Gasteiger partial charge in [-0.3, -0.25) is 0 Å². The Labute approximate surface area is 147 Å². The summed E-state index contributed by atoms with van der Waals surface area (Å²) in [5.41, 5.74) is 2.35. The van der Waals surface area contributed by atoms with Crippen molar-refractivity contribution < 1.29 is 0 Å². The van der Waals surface area contributed by atoms with E-state index in [-0.39, 0.29) is 11.1 Å². The molecule has 3 aromatic rings. The summed E-state index contributed by atoms with van der Waals surface area (Å²) in [5, 5.41) is 31.9. The zero-order valence-corrected chi connectivity index (χ0v) is 14.3. The van der Waals surface area contributed by atoms with E-state index in [1.54, 1.807) is 22.7 Å². The first-order chi connectivity index (χ1) is 11.7. The maximum absolute atomic E-state index is 9.55. The summed E-state index contributed by atoms with van der Waals surface area (Å²) >= 11 is 3.16. The fourth-order valence-corrected chi connectivity index (χ4v) is 4.15. The molecule has 0 radical (unpaired) electrons. The molecule has 0 saturated heterocycles. The van der Waals surface area contributed by atoms with Gasteiger partial charge in [0.15, 0.2) is 0 Å². The van der Waals surface area contributed by atoms with E-state index in [0.29, 0.717) is 5.56 Å². The number of nitrogens with zero attached hydrogens (tertiary/aromatic N) is 4. The zero-order chi connectivity index (χ0) is 17.1. The third-order valence-corrected chi connectivity index (χ3v) is 5.38. The van der Waals surface area contributed by atoms with E-state index in [9.17, 15) is 15.8 Å². The summed E-state index contributed by atoms with van der Waals surface area (Å²) in [5.74, 6) is 0. The molecule has 0 aliphatic heterocycles. The van der Waals surface area contributed by atoms with Crippen LogP contribution in [0.3, 0.4) is 0 Å². The van der Waals surface area contributed by atoms with E-state index < -0.39 is 0 Å². The molecular formula is C18H10N4S2. The van der Waals surface area contributed by atoms with Crippen LogP contribution in [-0.2, 0) is 7.05 Å². The van der Waals surface area contributed by atoms with E-state index in [2.05, 4.69) is 0 Å². The molecule has 4 nitrogen and oxygen atoms in total. The molecule has 0 bridgehead atoms. The number of hydrogen-bond donors (Lipinski definition) is 0. The number of aromatic nitrogens is 1. The van der Waals surface area contributed by atoms with Crippen LogP contribution in [0.2, 0.25) is 0 Å². The smallest absolute Gasteiger partial charge is 0.148 e. The molecule has 0 spiro atoms. The topological polar surface area (TPSA) is 76.3 Å². The minimum atomic E-state index is -0.168. The Kier molecular flexibility index (Phi) is 4.31. The third-order valence-electron chi connectivity index (χ3n) is 3.62. The Balaban J connectivity index is 2.37. The van der Waals surface area contributed by atoms with Gasteiger partial charge in [0.1, 0.15) is 23.8 Å². The molecule has 0 fully saturated rings. The number of rotatable bonds is 3. The van der Waals surface area contributed by atoms with Crippen molar-refractivity contribution in [3.63, 3.8) is 0 Å². The van der Waals surface area contributed by atoms with Gasteiger partial charge in [0.05, 0.1) is 26.7 Å². The highest BCUT2D eigenvalue weighted by molar-refractivity contribution is 7.14. The van der Waals surface area contributed by atoms with Crippen molar-refractivity contribution in [1.82, 2.24) is 4.57 Å². The Morgan fingerprint density at radius 3 is 2.08 bits per heavy atom. The summed E-state index contributed by atoms with van der Waals surface area (Å²) in [6.45, 7) is 0. The van der Waals surface area contributed by atoms with Gasteiger partial charge in [-0.25, -0.2) is 0 Å². The highest BCUT2D eigenvalue weighted by Gasteiger charge is 2.22. The van der Waals surface area contributed by atoms with Crippen LogP contribution in [0, 0.1) is 34.0 Å². The predicted octanol–water partition coefficient (Wildman–Crippen LogP) is 4.81. The maximum Gasteiger partial charge on any atom is 0.148 e. The quantitative estimate of drug-likeness (QED) is 0.639. The predicted molar refractivity (Wildman–Crippen MR) is 95.8 cm³/mol. The molecule has 0 aromatic carbocycles. The van der Waals surface area contributed by atoms with Crippen molar-refractivity contribution in [3.05, 3.63) is 52.2 Å². The summed E-state index contributed by atoms with van der Waals surface area (Å²) in [4.78, 5) is 2.05. The van der Waals surface area contributed by atoms with Crippen molar-refractivity contribution in [2.45, 2.75) is 0 Å². The molecule has 0 amide bonds. The van der Waals surface area contributed by atoms with Crippen LogP contribution in [0.5, 0.6) is 0 Å². The zero-order valence-electron chi connectivity index (χ0n) is 12.6. The average Bonchev–Trinajstić information content (AvgIpc) is 3.33. The van der Waals surface area contributed by atoms with E-state index in [1.165, 1.54) is 0 Å². The summed E-state index contributed by atoms with van der Waals surface area (Å²) in [7, 11) is 1.93. The van der Waals surface area contributed by atoms with E-state index >= 15 is 0 Å². The molecule has 24 heavy (non-hydrogen) atoms. The van der Waals surface area contributed by atoms with Crippen molar-refractivity contribution >= 4 is 28.2 Å². The first-order valence-electron chi connectivity index (χ1n) is 6.93. The van der Waals surface area contributed by atoms with Crippen molar-refractivity contribution in [2.75, 3.05) is 0 Å². The van der Waals surface area contributed by atoms with Gasteiger partial charge in [0.2, 0.25) is 0 Å². The lowest BCUT2D eigenvalue weighted by atomic mass is 10.0. The SMILES string of the molecule is Cn1c(-c2cccs2)cc(C(C#N)=C(C#N)C#N)c1-c1cccs1. The fraction of sp³-hybridized carbons (Fsp3) is 0.0556. The van der Waals surface area contributed by atoms with Gasteiger partial charge in [-0.1, -0.05) is 12.1 Å². The molecule has 3 aromatic heterocycles. The second kappa shape index (κ2) is 6.56. The molecular weight excluding hydrogens is 336 g/mol. The molecule has 114 valence electrons. The Bertz CT molecular complexity index is 1010.